The number of carbonyl (C=O) groups excluding carboxylic acids is 1. The molecule has 3 N–H and O–H groups in total. The van der Waals surface area contributed by atoms with Gasteiger partial charge in [-0.1, -0.05) is 54.6 Å². The summed E-state index contributed by atoms with van der Waals surface area (Å²) in [5, 5.41) is 15.0. The number of amides is 1. The Morgan fingerprint density at radius 1 is 1.07 bits per heavy atom. The minimum Gasteiger partial charge on any atom is -0.481 e. The number of aromatic nitrogens is 2. The van der Waals surface area contributed by atoms with Crippen LogP contribution in [0.3, 0.4) is 0 Å². The Morgan fingerprint density at radius 2 is 1.74 bits per heavy atom. The number of carboxylic acid groups (broad SMARTS) is 1. The molecule has 0 saturated carbocycles. The largest absolute Gasteiger partial charge is 0.481 e. The molecule has 0 radical (unpaired) electrons. The minimum atomic E-state index is -1.05. The van der Waals surface area contributed by atoms with Gasteiger partial charge >= 0.3 is 11.7 Å². The molecule has 3 rings (SSSR count). The molecule has 1 heterocycles. The van der Waals surface area contributed by atoms with Crippen molar-refractivity contribution in [2.75, 3.05) is 0 Å². The van der Waals surface area contributed by atoms with Crippen LogP contribution < -0.4 is 11.1 Å². The number of aliphatic carboxylic acids is 1. The fraction of sp³-hybridized carbons (Fsp3) is 0.158. The van der Waals surface area contributed by atoms with E-state index >= 15 is 0 Å². The summed E-state index contributed by atoms with van der Waals surface area (Å²) in [6.45, 7) is 0. The second-order valence-electron chi connectivity index (χ2n) is 5.98. The number of rotatable bonds is 7. The summed E-state index contributed by atoms with van der Waals surface area (Å²) in [7, 11) is 0. The van der Waals surface area contributed by atoms with Gasteiger partial charge in [-0.25, -0.2) is 4.79 Å². The summed E-state index contributed by atoms with van der Waals surface area (Å²) in [6.07, 6.45) is 0.0451. The van der Waals surface area contributed by atoms with Crippen molar-refractivity contribution in [3.05, 3.63) is 76.5 Å². The predicted molar refractivity (Wildman–Crippen MR) is 96.2 cm³/mol. The highest BCUT2D eigenvalue weighted by Gasteiger charge is 2.20. The van der Waals surface area contributed by atoms with Gasteiger partial charge < -0.3 is 10.4 Å². The number of carboxylic acids is 1. The Hall–Kier alpha value is -3.68. The quantitative estimate of drug-likeness (QED) is 0.585. The van der Waals surface area contributed by atoms with E-state index in [2.05, 4.69) is 20.0 Å². The zero-order valence-corrected chi connectivity index (χ0v) is 14.2. The molecule has 0 saturated heterocycles. The van der Waals surface area contributed by atoms with Crippen LogP contribution in [0.1, 0.15) is 22.6 Å². The van der Waals surface area contributed by atoms with Crippen molar-refractivity contribution in [3.63, 3.8) is 0 Å². The summed E-state index contributed by atoms with van der Waals surface area (Å²) in [6, 6.07) is 16.9. The Labute approximate surface area is 153 Å². The van der Waals surface area contributed by atoms with Gasteiger partial charge in [0.25, 0.3) is 5.91 Å². The van der Waals surface area contributed by atoms with Crippen molar-refractivity contribution >= 4 is 11.9 Å². The van der Waals surface area contributed by atoms with E-state index in [-0.39, 0.29) is 12.2 Å². The molecule has 138 valence electrons. The summed E-state index contributed by atoms with van der Waals surface area (Å²) in [4.78, 5) is 36.3. The van der Waals surface area contributed by atoms with Crippen molar-refractivity contribution in [2.45, 2.75) is 18.9 Å². The van der Waals surface area contributed by atoms with E-state index in [0.717, 1.165) is 16.7 Å². The number of aromatic amines is 1. The maximum atomic E-state index is 12.1. The van der Waals surface area contributed by atoms with Gasteiger partial charge in [0, 0.05) is 6.04 Å². The molecule has 1 aromatic heterocycles. The van der Waals surface area contributed by atoms with Crippen molar-refractivity contribution in [3.8, 4) is 11.1 Å². The molecule has 0 spiro atoms. The first-order valence-corrected chi connectivity index (χ1v) is 8.24. The average molecular weight is 367 g/mol. The molecule has 0 bridgehead atoms. The van der Waals surface area contributed by atoms with E-state index in [1.165, 1.54) is 0 Å². The molecule has 0 unspecified atom stereocenters. The Balaban J connectivity index is 1.71. The van der Waals surface area contributed by atoms with Gasteiger partial charge in [-0.05, 0) is 28.3 Å². The van der Waals surface area contributed by atoms with Gasteiger partial charge in [0.2, 0.25) is 5.82 Å². The van der Waals surface area contributed by atoms with E-state index in [1.54, 1.807) is 0 Å². The molecular weight excluding hydrogens is 350 g/mol. The molecule has 0 aliphatic heterocycles. The smallest absolute Gasteiger partial charge is 0.439 e. The third kappa shape index (κ3) is 4.91. The van der Waals surface area contributed by atoms with Crippen molar-refractivity contribution in [1.82, 2.24) is 15.5 Å². The highest BCUT2D eigenvalue weighted by Crippen LogP contribution is 2.20. The molecule has 8 nitrogen and oxygen atoms in total. The summed E-state index contributed by atoms with van der Waals surface area (Å²) >= 11 is 0. The average Bonchev–Trinajstić information content (AvgIpc) is 3.09. The van der Waals surface area contributed by atoms with Gasteiger partial charge in [0.05, 0.1) is 6.42 Å². The van der Waals surface area contributed by atoms with Crippen molar-refractivity contribution in [1.29, 1.82) is 0 Å². The predicted octanol–water partition coefficient (Wildman–Crippen LogP) is 1.85. The minimum absolute atomic E-state index is 0.270. The SMILES string of the molecule is O=C(O)C[C@@H](Cc1ccc(-c2ccccc2)cc1)NC(=O)c1noc(=O)[nH]1. The standard InChI is InChI=1S/C19H17N3O5/c23-16(24)11-15(20-18(25)17-21-19(26)27-22-17)10-12-6-8-14(9-7-12)13-4-2-1-3-5-13/h1-9,15H,10-11H2,(H,20,25)(H,23,24)(H,21,22,26)/t15-/m1/s1. The Kier molecular flexibility index (Phi) is 5.46. The normalized spacial score (nSPS) is 11.7. The van der Waals surface area contributed by atoms with Gasteiger partial charge in [-0.15, -0.1) is 0 Å². The number of carbonyl (C=O) groups is 2. The zero-order valence-electron chi connectivity index (χ0n) is 14.2. The summed E-state index contributed by atoms with van der Waals surface area (Å²) < 4.78 is 4.28. The highest BCUT2D eigenvalue weighted by molar-refractivity contribution is 5.90. The maximum absolute atomic E-state index is 12.1. The first-order valence-electron chi connectivity index (χ1n) is 8.24. The molecule has 0 aliphatic rings. The van der Waals surface area contributed by atoms with E-state index in [4.69, 9.17) is 5.11 Å². The van der Waals surface area contributed by atoms with Gasteiger partial charge in [-0.3, -0.25) is 19.1 Å². The maximum Gasteiger partial charge on any atom is 0.439 e. The van der Waals surface area contributed by atoms with Crippen LogP contribution in [0, 0.1) is 0 Å². The van der Waals surface area contributed by atoms with Gasteiger partial charge in [0.1, 0.15) is 0 Å². The highest BCUT2D eigenvalue weighted by atomic mass is 16.5. The van der Waals surface area contributed by atoms with Crippen LogP contribution in [0.25, 0.3) is 11.1 Å². The molecule has 1 atom stereocenters. The topological polar surface area (TPSA) is 125 Å². The van der Waals surface area contributed by atoms with E-state index in [1.807, 2.05) is 54.6 Å². The Bertz CT molecular complexity index is 976. The number of nitrogens with zero attached hydrogens (tertiary/aromatic N) is 1. The van der Waals surface area contributed by atoms with E-state index in [9.17, 15) is 14.4 Å². The third-order valence-electron chi connectivity index (χ3n) is 3.95. The number of hydrogen-bond donors (Lipinski definition) is 3. The van der Waals surface area contributed by atoms with Crippen LogP contribution in [-0.4, -0.2) is 33.2 Å². The lowest BCUT2D eigenvalue weighted by Gasteiger charge is -2.16. The summed E-state index contributed by atoms with van der Waals surface area (Å²) in [5.41, 5.74) is 2.99. The van der Waals surface area contributed by atoms with Crippen molar-refractivity contribution < 1.29 is 19.2 Å². The third-order valence-corrected chi connectivity index (χ3v) is 3.95. The molecule has 3 aromatic rings. The molecule has 8 heteroatoms. The lowest BCUT2D eigenvalue weighted by Crippen LogP contribution is -2.38. The molecule has 2 aromatic carbocycles. The second kappa shape index (κ2) is 8.13. The fourth-order valence-corrected chi connectivity index (χ4v) is 2.71. The lowest BCUT2D eigenvalue weighted by molar-refractivity contribution is -0.137. The molecular formula is C19H17N3O5. The van der Waals surface area contributed by atoms with Gasteiger partial charge in [0.15, 0.2) is 0 Å². The molecule has 0 aliphatic carbocycles. The summed E-state index contributed by atoms with van der Waals surface area (Å²) in [5.74, 6) is -2.90. The molecule has 0 fully saturated rings. The van der Waals surface area contributed by atoms with Crippen LogP contribution >= 0.6 is 0 Å². The fourth-order valence-electron chi connectivity index (χ4n) is 2.71. The van der Waals surface area contributed by atoms with Gasteiger partial charge in [-0.2, -0.15) is 0 Å². The van der Waals surface area contributed by atoms with Crippen LogP contribution in [0.15, 0.2) is 63.9 Å². The second-order valence-corrected chi connectivity index (χ2v) is 5.98. The van der Waals surface area contributed by atoms with Crippen LogP contribution in [0.4, 0.5) is 0 Å². The Morgan fingerprint density at radius 3 is 2.33 bits per heavy atom. The van der Waals surface area contributed by atoms with E-state index < -0.39 is 23.7 Å². The first kappa shape index (κ1) is 18.1. The number of hydrogen-bond acceptors (Lipinski definition) is 5. The molecule has 27 heavy (non-hydrogen) atoms. The number of nitrogens with one attached hydrogen (secondary N) is 2. The number of benzene rings is 2. The van der Waals surface area contributed by atoms with Crippen LogP contribution in [0.2, 0.25) is 0 Å². The van der Waals surface area contributed by atoms with Crippen LogP contribution in [-0.2, 0) is 11.2 Å². The van der Waals surface area contributed by atoms with E-state index in [0.29, 0.717) is 6.42 Å². The van der Waals surface area contributed by atoms with Crippen LogP contribution in [0.5, 0.6) is 0 Å². The lowest BCUT2D eigenvalue weighted by atomic mass is 9.99. The zero-order chi connectivity index (χ0) is 19.2. The van der Waals surface area contributed by atoms with Crippen molar-refractivity contribution in [2.24, 2.45) is 0 Å². The first-order chi connectivity index (χ1) is 13.0. The molecule has 1 amide bonds. The number of H-pyrrole nitrogens is 1. The monoisotopic (exact) mass is 367 g/mol.